The van der Waals surface area contributed by atoms with Crippen LogP contribution in [0, 0.1) is 5.92 Å². The highest BCUT2D eigenvalue weighted by atomic mass is 16.5. The second-order valence-corrected chi connectivity index (χ2v) is 7.18. The summed E-state index contributed by atoms with van der Waals surface area (Å²) in [5.41, 5.74) is 7.17. The highest BCUT2D eigenvalue weighted by Crippen LogP contribution is 2.24. The van der Waals surface area contributed by atoms with Gasteiger partial charge in [-0.25, -0.2) is 0 Å². The Balaban J connectivity index is 1.69. The lowest BCUT2D eigenvalue weighted by molar-refractivity contribution is -0.122. The minimum Gasteiger partial charge on any atom is -0.375 e. The van der Waals surface area contributed by atoms with E-state index in [2.05, 4.69) is 4.90 Å². The molecule has 136 valence electrons. The maximum absolute atomic E-state index is 12.8. The molecule has 1 aromatic rings. The van der Waals surface area contributed by atoms with Crippen LogP contribution < -0.4 is 10.6 Å². The van der Waals surface area contributed by atoms with Gasteiger partial charge in [0.2, 0.25) is 5.91 Å². The first-order chi connectivity index (χ1) is 12.0. The molecule has 0 aliphatic carbocycles. The highest BCUT2D eigenvalue weighted by Gasteiger charge is 2.28. The van der Waals surface area contributed by atoms with E-state index in [0.717, 1.165) is 25.1 Å². The van der Waals surface area contributed by atoms with Crippen molar-refractivity contribution in [2.45, 2.75) is 38.8 Å². The molecule has 6 heteroatoms. The van der Waals surface area contributed by atoms with Crippen LogP contribution in [-0.4, -0.2) is 55.1 Å². The number of anilines is 1. The van der Waals surface area contributed by atoms with E-state index in [1.54, 1.807) is 0 Å². The number of carbonyl (C=O) groups excluding carboxylic acids is 2. The number of nitrogens with zero attached hydrogens (tertiary/aromatic N) is 2. The fraction of sp³-hybridized carbons (Fsp3) is 0.579. The van der Waals surface area contributed by atoms with Crippen LogP contribution >= 0.6 is 0 Å². The summed E-state index contributed by atoms with van der Waals surface area (Å²) in [7, 11) is 0. The van der Waals surface area contributed by atoms with Crippen molar-refractivity contribution < 1.29 is 14.3 Å². The Morgan fingerprint density at radius 3 is 2.56 bits per heavy atom. The average Bonchev–Trinajstić information content (AvgIpc) is 2.63. The number of nitrogens with two attached hydrogens (primary N) is 1. The van der Waals surface area contributed by atoms with Crippen molar-refractivity contribution in [1.29, 1.82) is 0 Å². The van der Waals surface area contributed by atoms with Gasteiger partial charge in [0.05, 0.1) is 24.7 Å². The molecule has 0 aromatic heterocycles. The molecule has 2 saturated heterocycles. The van der Waals surface area contributed by atoms with Crippen LogP contribution in [0.2, 0.25) is 0 Å². The van der Waals surface area contributed by atoms with Crippen LogP contribution in [0.1, 0.15) is 37.0 Å². The van der Waals surface area contributed by atoms with Gasteiger partial charge < -0.3 is 20.3 Å². The lowest BCUT2D eigenvalue weighted by Gasteiger charge is -2.37. The Bertz CT molecular complexity index is 631. The van der Waals surface area contributed by atoms with E-state index in [1.165, 1.54) is 0 Å². The molecule has 3 atom stereocenters. The number of primary amides is 1. The summed E-state index contributed by atoms with van der Waals surface area (Å²) in [5.74, 6) is -0.277. The second kappa shape index (κ2) is 7.44. The third-order valence-electron chi connectivity index (χ3n) is 5.17. The molecule has 2 heterocycles. The minimum atomic E-state index is -0.230. The van der Waals surface area contributed by atoms with Gasteiger partial charge in [-0.3, -0.25) is 9.59 Å². The first-order valence-corrected chi connectivity index (χ1v) is 9.02. The monoisotopic (exact) mass is 345 g/mol. The second-order valence-electron chi connectivity index (χ2n) is 7.18. The lowest BCUT2D eigenvalue weighted by atomic mass is 9.97. The molecule has 2 fully saturated rings. The normalized spacial score (nSPS) is 27.2. The van der Waals surface area contributed by atoms with Gasteiger partial charge in [0.15, 0.2) is 0 Å². The van der Waals surface area contributed by atoms with E-state index >= 15 is 0 Å². The Hall–Kier alpha value is -2.08. The number of hydrogen-bond acceptors (Lipinski definition) is 4. The Labute approximate surface area is 148 Å². The molecule has 0 saturated carbocycles. The van der Waals surface area contributed by atoms with Gasteiger partial charge in [0.1, 0.15) is 0 Å². The van der Waals surface area contributed by atoms with E-state index in [0.29, 0.717) is 25.3 Å². The number of rotatable bonds is 3. The van der Waals surface area contributed by atoms with Gasteiger partial charge in [0.25, 0.3) is 5.91 Å². The summed E-state index contributed by atoms with van der Waals surface area (Å²) in [6.07, 6.45) is 1.88. The SMILES string of the molecule is C[C@@H]1CN(C(=O)c2ccc(N3CCC[C@@H](C(N)=O)C3)cc2)[C@H](C)CO1. The maximum Gasteiger partial charge on any atom is 0.254 e. The molecule has 2 aliphatic rings. The average molecular weight is 345 g/mol. The molecule has 25 heavy (non-hydrogen) atoms. The molecule has 1 aromatic carbocycles. The Morgan fingerprint density at radius 1 is 1.16 bits per heavy atom. The first kappa shape index (κ1) is 17.7. The van der Waals surface area contributed by atoms with Gasteiger partial charge in [-0.05, 0) is 51.0 Å². The van der Waals surface area contributed by atoms with Crippen LogP contribution in [0.3, 0.4) is 0 Å². The summed E-state index contributed by atoms with van der Waals surface area (Å²) < 4.78 is 5.60. The fourth-order valence-corrected chi connectivity index (χ4v) is 3.61. The van der Waals surface area contributed by atoms with Crippen molar-refractivity contribution in [1.82, 2.24) is 4.90 Å². The lowest BCUT2D eigenvalue weighted by Crippen LogP contribution is -2.50. The van der Waals surface area contributed by atoms with E-state index in [1.807, 2.05) is 43.0 Å². The Morgan fingerprint density at radius 2 is 1.88 bits per heavy atom. The van der Waals surface area contributed by atoms with Crippen molar-refractivity contribution in [2.75, 3.05) is 31.1 Å². The maximum atomic E-state index is 12.8. The number of amides is 2. The molecule has 0 radical (unpaired) electrons. The third kappa shape index (κ3) is 3.95. The quantitative estimate of drug-likeness (QED) is 0.903. The number of hydrogen-bond donors (Lipinski definition) is 1. The van der Waals surface area contributed by atoms with Gasteiger partial charge >= 0.3 is 0 Å². The van der Waals surface area contributed by atoms with Gasteiger partial charge in [-0.15, -0.1) is 0 Å². The molecule has 3 rings (SSSR count). The van der Waals surface area contributed by atoms with Crippen LogP contribution in [0.4, 0.5) is 5.69 Å². The standard InChI is InChI=1S/C19H27N3O3/c1-13-12-25-14(2)10-22(13)19(24)15-5-7-17(8-6-15)21-9-3-4-16(11-21)18(20)23/h5-8,13-14,16H,3-4,9-12H2,1-2H3,(H2,20,23)/t13-,14-,16-/m1/s1. The fourth-order valence-electron chi connectivity index (χ4n) is 3.61. The van der Waals surface area contributed by atoms with Gasteiger partial charge in [0, 0.05) is 30.9 Å². The van der Waals surface area contributed by atoms with Gasteiger partial charge in [-0.2, -0.15) is 0 Å². The predicted molar refractivity (Wildman–Crippen MR) is 96.5 cm³/mol. The molecule has 6 nitrogen and oxygen atoms in total. The summed E-state index contributed by atoms with van der Waals surface area (Å²) in [6.45, 7) is 6.76. The number of carbonyl (C=O) groups is 2. The molecule has 0 bridgehead atoms. The highest BCUT2D eigenvalue weighted by molar-refractivity contribution is 5.95. The van der Waals surface area contributed by atoms with Crippen molar-refractivity contribution in [3.8, 4) is 0 Å². The van der Waals surface area contributed by atoms with Gasteiger partial charge in [-0.1, -0.05) is 0 Å². The van der Waals surface area contributed by atoms with Crippen LogP contribution in [-0.2, 0) is 9.53 Å². The molecule has 2 N–H and O–H groups in total. The number of morpholine rings is 1. The topological polar surface area (TPSA) is 75.9 Å². The zero-order valence-corrected chi connectivity index (χ0v) is 15.0. The molecule has 0 spiro atoms. The van der Waals surface area contributed by atoms with Crippen molar-refractivity contribution >= 4 is 17.5 Å². The number of benzene rings is 1. The molecular weight excluding hydrogens is 318 g/mol. The molecule has 0 unspecified atom stereocenters. The van der Waals surface area contributed by atoms with E-state index < -0.39 is 0 Å². The zero-order valence-electron chi connectivity index (χ0n) is 15.0. The smallest absolute Gasteiger partial charge is 0.254 e. The van der Waals surface area contributed by atoms with Crippen molar-refractivity contribution in [3.63, 3.8) is 0 Å². The number of piperidine rings is 1. The minimum absolute atomic E-state index is 0.0443. The Kier molecular flexibility index (Phi) is 5.27. The molecule has 2 amide bonds. The number of ether oxygens (including phenoxy) is 1. The van der Waals surface area contributed by atoms with Crippen LogP contribution in [0.15, 0.2) is 24.3 Å². The first-order valence-electron chi connectivity index (χ1n) is 9.02. The third-order valence-corrected chi connectivity index (χ3v) is 5.17. The van der Waals surface area contributed by atoms with E-state index in [-0.39, 0.29) is 29.9 Å². The van der Waals surface area contributed by atoms with Crippen molar-refractivity contribution in [2.24, 2.45) is 11.7 Å². The largest absolute Gasteiger partial charge is 0.375 e. The molecular formula is C19H27N3O3. The van der Waals surface area contributed by atoms with Crippen molar-refractivity contribution in [3.05, 3.63) is 29.8 Å². The summed E-state index contributed by atoms with van der Waals surface area (Å²) in [4.78, 5) is 28.3. The summed E-state index contributed by atoms with van der Waals surface area (Å²) in [5, 5.41) is 0. The predicted octanol–water partition coefficient (Wildman–Crippen LogP) is 1.64. The summed E-state index contributed by atoms with van der Waals surface area (Å²) in [6, 6.07) is 7.76. The molecule has 2 aliphatic heterocycles. The summed E-state index contributed by atoms with van der Waals surface area (Å²) >= 11 is 0. The van der Waals surface area contributed by atoms with Crippen LogP contribution in [0.25, 0.3) is 0 Å². The van der Waals surface area contributed by atoms with E-state index in [4.69, 9.17) is 10.5 Å². The van der Waals surface area contributed by atoms with Crippen LogP contribution in [0.5, 0.6) is 0 Å². The van der Waals surface area contributed by atoms with E-state index in [9.17, 15) is 9.59 Å². The zero-order chi connectivity index (χ0) is 18.0.